The van der Waals surface area contributed by atoms with E-state index in [1.54, 1.807) is 33.4 Å². The monoisotopic (exact) mass is 864 g/mol. The summed E-state index contributed by atoms with van der Waals surface area (Å²) in [6.07, 6.45) is 3.79. The number of rotatable bonds is 6. The number of benzene rings is 6. The molecule has 13 heteroatoms. The molecule has 0 amide bonds. The van der Waals surface area contributed by atoms with Crippen LogP contribution >= 0.6 is 0 Å². The van der Waals surface area contributed by atoms with Gasteiger partial charge in [-0.3, -0.25) is 14.4 Å². The number of halogens is 2. The average molecular weight is 865 g/mol. The average Bonchev–Trinajstić information content (AvgIpc) is 4.02. The van der Waals surface area contributed by atoms with Crippen molar-refractivity contribution in [1.82, 2.24) is 38.6 Å². The van der Waals surface area contributed by atoms with Gasteiger partial charge in [0.2, 0.25) is 0 Å². The van der Waals surface area contributed by atoms with E-state index >= 15 is 0 Å². The van der Waals surface area contributed by atoms with Crippen molar-refractivity contribution in [1.29, 1.82) is 0 Å². The van der Waals surface area contributed by atoms with Crippen LogP contribution in [0.15, 0.2) is 166 Å². The highest BCUT2D eigenvalue weighted by atomic mass is 19.1. The Bertz CT molecular complexity index is 3580. The fourth-order valence-electron chi connectivity index (χ4n) is 8.15. The molecule has 11 rings (SSSR count). The van der Waals surface area contributed by atoms with Crippen LogP contribution in [0, 0.1) is 11.6 Å². The first-order chi connectivity index (χ1) is 31.7. The van der Waals surface area contributed by atoms with Gasteiger partial charge in [0, 0.05) is 65.1 Å². The van der Waals surface area contributed by atoms with E-state index in [1.165, 1.54) is 4.57 Å². The van der Waals surface area contributed by atoms with E-state index in [9.17, 15) is 23.2 Å². The minimum Gasteiger partial charge on any atom is -0.361 e. The van der Waals surface area contributed by atoms with Crippen LogP contribution in [0.5, 0.6) is 0 Å². The molecule has 11 nitrogen and oxygen atoms in total. The van der Waals surface area contributed by atoms with Gasteiger partial charge in [-0.2, -0.15) is 0 Å². The minimum atomic E-state index is -0.668. The maximum Gasteiger partial charge on any atom is 0.277 e. The molecule has 0 fully saturated rings. The molecule has 6 aromatic carbocycles. The van der Waals surface area contributed by atoms with Crippen molar-refractivity contribution in [2.24, 2.45) is 0 Å². The van der Waals surface area contributed by atoms with E-state index in [1.807, 2.05) is 130 Å². The second-order valence-corrected chi connectivity index (χ2v) is 15.2. The summed E-state index contributed by atoms with van der Waals surface area (Å²) >= 11 is 0. The maximum atomic E-state index is 13.9. The molecular formula is C52H42F2N8O3. The van der Waals surface area contributed by atoms with Gasteiger partial charge in [-0.25, -0.2) is 23.7 Å². The summed E-state index contributed by atoms with van der Waals surface area (Å²) in [6, 6.07) is 41.5. The standard InChI is InChI=1S/2C18H15N3O.C16H12F2N2O/c1-2-21-16-6-4-3-5-15(16)20-17(18(21)22)13-7-8-14-12(11-13)9-10-19-14;1-2-21-16-6-4-3-5-14(16)20-17(18(21)22)13-8-7-12-9-10-19-15(12)11-13;1-2-20-14-6-4-3-5-13(14)19-15(16(20)21)11-9-10(17)7-8-12(11)18/h2*3-11,19H,2H2,1H3;3-9H,2H2,1H3. The third kappa shape index (κ3) is 7.99. The zero-order valence-electron chi connectivity index (χ0n) is 35.7. The Balaban J connectivity index is 0.000000123. The van der Waals surface area contributed by atoms with Gasteiger partial charge in [0.15, 0.2) is 0 Å². The Hall–Kier alpha value is -8.32. The molecule has 0 saturated heterocycles. The summed E-state index contributed by atoms with van der Waals surface area (Å²) in [4.78, 5) is 57.8. The fraction of sp³-hybridized carbons (Fsp3) is 0.115. The van der Waals surface area contributed by atoms with Crippen LogP contribution in [0.2, 0.25) is 0 Å². The molecule has 0 atom stereocenters. The largest absolute Gasteiger partial charge is 0.361 e. The van der Waals surface area contributed by atoms with Crippen molar-refractivity contribution in [2.45, 2.75) is 40.4 Å². The number of para-hydroxylation sites is 6. The lowest BCUT2D eigenvalue weighted by molar-refractivity contribution is 0.602. The van der Waals surface area contributed by atoms with E-state index < -0.39 is 17.2 Å². The summed E-state index contributed by atoms with van der Waals surface area (Å²) in [5.41, 5.74) is 8.71. The van der Waals surface area contributed by atoms with Crippen LogP contribution in [-0.4, -0.2) is 38.6 Å². The third-order valence-electron chi connectivity index (χ3n) is 11.3. The molecule has 65 heavy (non-hydrogen) atoms. The predicted molar refractivity (Wildman–Crippen MR) is 255 cm³/mol. The topological polar surface area (TPSA) is 136 Å². The Labute approximate surface area is 370 Å². The SMILES string of the molecule is CCn1c(=O)c(-c2cc(F)ccc2F)nc2ccccc21.CCn1c(=O)c(-c2ccc3[nH]ccc3c2)nc2ccccc21.CCn1c(=O)c(-c2ccc3cc[nH]c3c2)nc2ccccc21. The van der Waals surface area contributed by atoms with Crippen LogP contribution in [-0.2, 0) is 19.6 Å². The first kappa shape index (κ1) is 42.0. The van der Waals surface area contributed by atoms with Gasteiger partial charge in [0.05, 0.1) is 33.1 Å². The molecule has 322 valence electrons. The molecule has 0 aliphatic carbocycles. The number of nitrogens with one attached hydrogen (secondary N) is 2. The van der Waals surface area contributed by atoms with E-state index in [2.05, 4.69) is 24.9 Å². The van der Waals surface area contributed by atoms with Gasteiger partial charge in [0.25, 0.3) is 16.7 Å². The van der Waals surface area contributed by atoms with Crippen LogP contribution < -0.4 is 16.7 Å². The van der Waals surface area contributed by atoms with Crippen LogP contribution in [0.25, 0.3) is 88.7 Å². The van der Waals surface area contributed by atoms with Crippen LogP contribution in [0.4, 0.5) is 8.78 Å². The zero-order chi connectivity index (χ0) is 45.2. The molecule has 0 aliphatic heterocycles. The van der Waals surface area contributed by atoms with E-state index in [0.29, 0.717) is 42.1 Å². The van der Waals surface area contributed by atoms with Crippen molar-refractivity contribution < 1.29 is 8.78 Å². The molecule has 0 radical (unpaired) electrons. The molecule has 0 saturated carbocycles. The lowest BCUT2D eigenvalue weighted by Gasteiger charge is -2.10. The number of hydrogen-bond donors (Lipinski definition) is 2. The van der Waals surface area contributed by atoms with Gasteiger partial charge >= 0.3 is 0 Å². The van der Waals surface area contributed by atoms with Gasteiger partial charge in [0.1, 0.15) is 28.7 Å². The number of aromatic amines is 2. The minimum absolute atomic E-state index is 0.0453. The molecule has 0 unspecified atom stereocenters. The molecular weight excluding hydrogens is 823 g/mol. The number of H-pyrrole nitrogens is 2. The summed E-state index contributed by atoms with van der Waals surface area (Å²) in [6.45, 7) is 7.45. The number of hydrogen-bond acceptors (Lipinski definition) is 6. The molecule has 5 aromatic heterocycles. The van der Waals surface area contributed by atoms with Crippen LogP contribution in [0.1, 0.15) is 20.8 Å². The zero-order valence-corrected chi connectivity index (χ0v) is 35.7. The summed E-state index contributed by atoms with van der Waals surface area (Å²) in [5, 5.41) is 2.20. The Morgan fingerprint density at radius 2 is 0.923 bits per heavy atom. The smallest absolute Gasteiger partial charge is 0.277 e. The van der Waals surface area contributed by atoms with E-state index in [4.69, 9.17) is 0 Å². The highest BCUT2D eigenvalue weighted by Crippen LogP contribution is 2.25. The van der Waals surface area contributed by atoms with Gasteiger partial charge in [-0.05, 0) is 111 Å². The number of aryl methyl sites for hydroxylation is 3. The second kappa shape index (κ2) is 17.8. The molecule has 0 spiro atoms. The van der Waals surface area contributed by atoms with Gasteiger partial charge < -0.3 is 23.7 Å². The van der Waals surface area contributed by atoms with Crippen molar-refractivity contribution in [3.63, 3.8) is 0 Å². The summed E-state index contributed by atoms with van der Waals surface area (Å²) in [5.74, 6) is -1.28. The van der Waals surface area contributed by atoms with Crippen molar-refractivity contribution in [2.75, 3.05) is 0 Å². The normalized spacial score (nSPS) is 11.2. The molecule has 0 aliphatic rings. The van der Waals surface area contributed by atoms with Gasteiger partial charge in [-0.15, -0.1) is 0 Å². The molecule has 2 N–H and O–H groups in total. The van der Waals surface area contributed by atoms with Crippen molar-refractivity contribution in [3.8, 4) is 33.8 Å². The number of aromatic nitrogens is 8. The highest BCUT2D eigenvalue weighted by molar-refractivity contribution is 5.87. The highest BCUT2D eigenvalue weighted by Gasteiger charge is 2.17. The first-order valence-corrected chi connectivity index (χ1v) is 21.3. The quantitative estimate of drug-likeness (QED) is 0.171. The lowest BCUT2D eigenvalue weighted by Crippen LogP contribution is -2.23. The summed E-state index contributed by atoms with van der Waals surface area (Å²) in [7, 11) is 0. The lowest BCUT2D eigenvalue weighted by atomic mass is 10.1. The second-order valence-electron chi connectivity index (χ2n) is 15.2. The Morgan fingerprint density at radius 3 is 1.48 bits per heavy atom. The molecule has 0 bridgehead atoms. The van der Waals surface area contributed by atoms with E-state index in [0.717, 1.165) is 73.2 Å². The molecule has 11 aromatic rings. The predicted octanol–water partition coefficient (Wildman–Crippen LogP) is 10.5. The number of nitrogens with zero attached hydrogens (tertiary/aromatic N) is 6. The Kier molecular flexibility index (Phi) is 11.5. The van der Waals surface area contributed by atoms with Crippen LogP contribution in [0.3, 0.4) is 0 Å². The maximum absolute atomic E-state index is 13.9. The summed E-state index contributed by atoms with van der Waals surface area (Å²) < 4.78 is 32.3. The fourth-order valence-corrected chi connectivity index (χ4v) is 8.15. The van der Waals surface area contributed by atoms with Crippen molar-refractivity contribution >= 4 is 54.9 Å². The molecule has 5 heterocycles. The first-order valence-electron chi connectivity index (χ1n) is 21.3. The number of fused-ring (bicyclic) bond motifs is 5. The van der Waals surface area contributed by atoms with E-state index in [-0.39, 0.29) is 22.4 Å². The van der Waals surface area contributed by atoms with Gasteiger partial charge in [-0.1, -0.05) is 54.6 Å². The third-order valence-corrected chi connectivity index (χ3v) is 11.3. The Morgan fingerprint density at radius 1 is 0.462 bits per heavy atom. The van der Waals surface area contributed by atoms with Crippen molar-refractivity contribution in [3.05, 3.63) is 195 Å².